The highest BCUT2D eigenvalue weighted by molar-refractivity contribution is 5.16. The van der Waals surface area contributed by atoms with Gasteiger partial charge in [-0.05, 0) is 35.4 Å². The molecule has 0 amide bonds. The summed E-state index contributed by atoms with van der Waals surface area (Å²) in [4.78, 5) is 2.06. The van der Waals surface area contributed by atoms with Gasteiger partial charge >= 0.3 is 0 Å². The minimum Gasteiger partial charge on any atom is -0.468 e. The van der Waals surface area contributed by atoms with Gasteiger partial charge in [-0.25, -0.2) is 4.39 Å². The van der Waals surface area contributed by atoms with E-state index >= 15 is 0 Å². The first-order valence-corrected chi connectivity index (χ1v) is 8.98. The summed E-state index contributed by atoms with van der Waals surface area (Å²) in [6.07, 6.45) is 0.995. The lowest BCUT2D eigenvalue weighted by molar-refractivity contribution is 0.00613. The summed E-state index contributed by atoms with van der Waals surface area (Å²) < 4.78 is 24.2. The average Bonchev–Trinajstić information content (AvgIpc) is 3.17. The molecule has 27 heavy (non-hydrogen) atoms. The molecule has 3 aromatic rings. The molecule has 0 aliphatic heterocycles. The van der Waals surface area contributed by atoms with Gasteiger partial charge in [0.05, 0.1) is 32.1 Å². The van der Waals surface area contributed by atoms with Crippen LogP contribution in [0.2, 0.25) is 0 Å². The van der Waals surface area contributed by atoms with Crippen LogP contribution in [0.4, 0.5) is 4.39 Å². The maximum absolute atomic E-state index is 13.1. The van der Waals surface area contributed by atoms with Gasteiger partial charge in [-0.15, -0.1) is 0 Å². The lowest BCUT2D eigenvalue weighted by atomic mass is 10.2. The summed E-state index contributed by atoms with van der Waals surface area (Å²) in [7, 11) is 0. The number of aliphatic hydroxyl groups excluding tert-OH is 1. The van der Waals surface area contributed by atoms with Crippen molar-refractivity contribution in [1.82, 2.24) is 4.90 Å². The van der Waals surface area contributed by atoms with Crippen LogP contribution in [0.5, 0.6) is 0 Å². The van der Waals surface area contributed by atoms with Gasteiger partial charge in [-0.1, -0.05) is 42.5 Å². The summed E-state index contributed by atoms with van der Waals surface area (Å²) in [6.45, 7) is 2.27. The first-order chi connectivity index (χ1) is 13.2. The molecule has 1 heterocycles. The van der Waals surface area contributed by atoms with Gasteiger partial charge in [0.25, 0.3) is 0 Å². The summed E-state index contributed by atoms with van der Waals surface area (Å²) in [6, 6.07) is 20.0. The van der Waals surface area contributed by atoms with Crippen molar-refractivity contribution in [2.45, 2.75) is 25.8 Å². The maximum atomic E-state index is 13.1. The second kappa shape index (κ2) is 10.0. The predicted octanol–water partition coefficient (Wildman–Crippen LogP) is 4.00. The van der Waals surface area contributed by atoms with Gasteiger partial charge < -0.3 is 14.3 Å². The van der Waals surface area contributed by atoms with E-state index in [0.29, 0.717) is 26.2 Å². The number of hydrogen-bond acceptors (Lipinski definition) is 4. The van der Waals surface area contributed by atoms with E-state index in [1.54, 1.807) is 18.4 Å². The Morgan fingerprint density at radius 3 is 2.41 bits per heavy atom. The number of halogens is 1. The molecule has 0 bridgehead atoms. The highest BCUT2D eigenvalue weighted by atomic mass is 19.1. The topological polar surface area (TPSA) is 45.8 Å². The lowest BCUT2D eigenvalue weighted by Crippen LogP contribution is -2.34. The molecule has 4 nitrogen and oxygen atoms in total. The second-order valence-electron chi connectivity index (χ2n) is 6.53. The van der Waals surface area contributed by atoms with Crippen LogP contribution in [-0.4, -0.2) is 29.3 Å². The van der Waals surface area contributed by atoms with Crippen LogP contribution in [0.15, 0.2) is 77.4 Å². The maximum Gasteiger partial charge on any atom is 0.123 e. The fourth-order valence-corrected chi connectivity index (χ4v) is 2.89. The highest BCUT2D eigenvalue weighted by Gasteiger charge is 2.15. The van der Waals surface area contributed by atoms with Gasteiger partial charge in [-0.3, -0.25) is 4.90 Å². The number of aliphatic hydroxyl groups is 1. The Kier molecular flexibility index (Phi) is 7.16. The number of rotatable bonds is 10. The van der Waals surface area contributed by atoms with Crippen LogP contribution in [0.1, 0.15) is 16.9 Å². The van der Waals surface area contributed by atoms with Crippen molar-refractivity contribution < 1.29 is 18.7 Å². The summed E-state index contributed by atoms with van der Waals surface area (Å²) in [5, 5.41) is 10.4. The van der Waals surface area contributed by atoms with Gasteiger partial charge in [-0.2, -0.15) is 0 Å². The van der Waals surface area contributed by atoms with Crippen molar-refractivity contribution in [3.05, 3.63) is 95.7 Å². The van der Waals surface area contributed by atoms with E-state index in [1.165, 1.54) is 12.1 Å². The van der Waals surface area contributed by atoms with Crippen molar-refractivity contribution >= 4 is 0 Å². The van der Waals surface area contributed by atoms with Crippen LogP contribution in [0.25, 0.3) is 0 Å². The Hall–Kier alpha value is -2.47. The van der Waals surface area contributed by atoms with Crippen molar-refractivity contribution in [2.24, 2.45) is 0 Å². The molecule has 1 N–H and O–H groups in total. The van der Waals surface area contributed by atoms with Crippen molar-refractivity contribution in [1.29, 1.82) is 0 Å². The smallest absolute Gasteiger partial charge is 0.123 e. The second-order valence-corrected chi connectivity index (χ2v) is 6.53. The monoisotopic (exact) mass is 369 g/mol. The van der Waals surface area contributed by atoms with E-state index in [0.717, 1.165) is 16.9 Å². The zero-order valence-corrected chi connectivity index (χ0v) is 15.1. The predicted molar refractivity (Wildman–Crippen MR) is 101 cm³/mol. The zero-order valence-electron chi connectivity index (χ0n) is 15.1. The zero-order chi connectivity index (χ0) is 18.9. The van der Waals surface area contributed by atoms with Crippen LogP contribution in [-0.2, 0) is 24.4 Å². The van der Waals surface area contributed by atoms with Gasteiger partial charge in [0.15, 0.2) is 0 Å². The van der Waals surface area contributed by atoms with Gasteiger partial charge in [0.2, 0.25) is 0 Å². The first-order valence-electron chi connectivity index (χ1n) is 8.98. The molecular weight excluding hydrogens is 345 g/mol. The van der Waals surface area contributed by atoms with Crippen LogP contribution < -0.4 is 0 Å². The SMILES string of the molecule is O[C@H](COCc1ccccc1)CN(Cc1ccc(F)cc1)Cc1ccco1. The van der Waals surface area contributed by atoms with Gasteiger partial charge in [0.1, 0.15) is 11.6 Å². The van der Waals surface area contributed by atoms with Crippen LogP contribution in [0.3, 0.4) is 0 Å². The molecule has 1 aromatic heterocycles. The third kappa shape index (κ3) is 6.64. The van der Waals surface area contributed by atoms with Crippen molar-refractivity contribution in [3.8, 4) is 0 Å². The molecule has 0 unspecified atom stereocenters. The summed E-state index contributed by atoms with van der Waals surface area (Å²) >= 11 is 0. The Bertz CT molecular complexity index is 775. The van der Waals surface area contributed by atoms with Crippen LogP contribution in [0, 0.1) is 5.82 Å². The Morgan fingerprint density at radius 1 is 0.926 bits per heavy atom. The number of hydrogen-bond donors (Lipinski definition) is 1. The molecule has 2 aromatic carbocycles. The quantitative estimate of drug-likeness (QED) is 0.587. The molecule has 0 saturated heterocycles. The third-order valence-corrected chi connectivity index (χ3v) is 4.17. The normalized spacial score (nSPS) is 12.4. The largest absolute Gasteiger partial charge is 0.468 e. The van der Waals surface area contributed by atoms with E-state index in [-0.39, 0.29) is 12.4 Å². The molecule has 5 heteroatoms. The Balaban J connectivity index is 1.53. The molecular formula is C22H24FNO3. The molecule has 0 radical (unpaired) electrons. The fraction of sp³-hybridized carbons (Fsp3) is 0.273. The fourth-order valence-electron chi connectivity index (χ4n) is 2.89. The van der Waals surface area contributed by atoms with E-state index in [4.69, 9.17) is 9.15 Å². The molecule has 1 atom stereocenters. The molecule has 0 spiro atoms. The van der Waals surface area contributed by atoms with E-state index in [9.17, 15) is 9.50 Å². The summed E-state index contributed by atoms with van der Waals surface area (Å²) in [5.41, 5.74) is 2.05. The number of furan rings is 1. The highest BCUT2D eigenvalue weighted by Crippen LogP contribution is 2.12. The number of benzene rings is 2. The number of nitrogens with zero attached hydrogens (tertiary/aromatic N) is 1. The minimum atomic E-state index is -0.635. The van der Waals surface area contributed by atoms with Crippen LogP contribution >= 0.6 is 0 Å². The van der Waals surface area contributed by atoms with Crippen molar-refractivity contribution in [2.75, 3.05) is 13.2 Å². The third-order valence-electron chi connectivity index (χ3n) is 4.17. The minimum absolute atomic E-state index is 0.243. The molecule has 3 rings (SSSR count). The van der Waals surface area contributed by atoms with E-state index in [1.807, 2.05) is 42.5 Å². The molecule has 0 aliphatic rings. The lowest BCUT2D eigenvalue weighted by Gasteiger charge is -2.24. The van der Waals surface area contributed by atoms with Crippen molar-refractivity contribution in [3.63, 3.8) is 0 Å². The average molecular weight is 369 g/mol. The standard InChI is InChI=1S/C22H24FNO3/c23-20-10-8-18(9-11-20)13-24(15-22-7-4-12-27-22)14-21(25)17-26-16-19-5-2-1-3-6-19/h1-12,21,25H,13-17H2/t21-/m0/s1. The molecule has 142 valence electrons. The Labute approximate surface area is 158 Å². The molecule has 0 aliphatic carbocycles. The first kappa shape index (κ1) is 19.3. The summed E-state index contributed by atoms with van der Waals surface area (Å²) in [5.74, 6) is 0.556. The Morgan fingerprint density at radius 2 is 1.70 bits per heavy atom. The van der Waals surface area contributed by atoms with E-state index < -0.39 is 6.10 Å². The molecule has 0 fully saturated rings. The number of ether oxygens (including phenoxy) is 1. The van der Waals surface area contributed by atoms with Gasteiger partial charge in [0, 0.05) is 13.1 Å². The molecule has 0 saturated carbocycles. The van der Waals surface area contributed by atoms with E-state index in [2.05, 4.69) is 4.90 Å².